The number of nitrogens with zero attached hydrogens (tertiary/aromatic N) is 1. The molecule has 0 amide bonds. The molecule has 1 unspecified atom stereocenters. The lowest BCUT2D eigenvalue weighted by Crippen LogP contribution is -2.11. The summed E-state index contributed by atoms with van der Waals surface area (Å²) in [4.78, 5) is 6.58. The van der Waals surface area contributed by atoms with Gasteiger partial charge in [-0.3, -0.25) is 4.98 Å². The molecule has 0 aliphatic heterocycles. The Morgan fingerprint density at radius 1 is 1.27 bits per heavy atom. The third-order valence-corrected chi connectivity index (χ3v) is 3.55. The van der Waals surface area contributed by atoms with E-state index >= 15 is 0 Å². The summed E-state index contributed by atoms with van der Waals surface area (Å²) in [6, 6.07) is 6.18. The lowest BCUT2D eigenvalue weighted by molar-refractivity contribution is 0.877. The Morgan fingerprint density at radius 2 is 2.07 bits per heavy atom. The second-order valence-electron chi connectivity index (χ2n) is 3.66. The Hall–Kier alpha value is -1.19. The number of hydrogen-bond acceptors (Lipinski definition) is 3. The van der Waals surface area contributed by atoms with Crippen LogP contribution in [0.25, 0.3) is 0 Å². The molecule has 0 aliphatic carbocycles. The van der Waals surface area contributed by atoms with Crippen LogP contribution in [-0.4, -0.2) is 4.98 Å². The van der Waals surface area contributed by atoms with Gasteiger partial charge in [0.15, 0.2) is 0 Å². The molecule has 1 atom stereocenters. The normalized spacial score (nSPS) is 12.7. The summed E-state index contributed by atoms with van der Waals surface area (Å²) in [6.45, 7) is 4.14. The summed E-state index contributed by atoms with van der Waals surface area (Å²) >= 11 is 1.75. The molecule has 2 rings (SSSR count). The van der Waals surface area contributed by atoms with Gasteiger partial charge in [0.05, 0.1) is 6.04 Å². The average Bonchev–Trinajstić information content (AvgIpc) is 2.65. The smallest absolute Gasteiger partial charge is 0.0649 e. The van der Waals surface area contributed by atoms with Gasteiger partial charge in [0.25, 0.3) is 0 Å². The zero-order valence-electron chi connectivity index (χ0n) is 8.90. The second kappa shape index (κ2) is 4.13. The molecule has 0 aromatic carbocycles. The molecule has 2 aromatic heterocycles. The molecular weight excluding hydrogens is 204 g/mol. The maximum Gasteiger partial charge on any atom is 0.0649 e. The van der Waals surface area contributed by atoms with E-state index in [0.29, 0.717) is 0 Å². The van der Waals surface area contributed by atoms with E-state index in [2.05, 4.69) is 24.0 Å². The van der Waals surface area contributed by atoms with Gasteiger partial charge in [0.2, 0.25) is 0 Å². The Kier molecular flexibility index (Phi) is 2.84. The van der Waals surface area contributed by atoms with E-state index in [4.69, 9.17) is 5.73 Å². The van der Waals surface area contributed by atoms with Gasteiger partial charge in [-0.05, 0) is 43.2 Å². The lowest BCUT2D eigenvalue weighted by Gasteiger charge is -2.12. The molecule has 2 N–H and O–H groups in total. The zero-order chi connectivity index (χ0) is 10.8. The number of nitrogens with two attached hydrogens (primary N) is 1. The van der Waals surface area contributed by atoms with Crippen LogP contribution in [0.15, 0.2) is 30.6 Å². The van der Waals surface area contributed by atoms with E-state index in [9.17, 15) is 0 Å². The van der Waals surface area contributed by atoms with E-state index in [1.54, 1.807) is 17.5 Å². The fraction of sp³-hybridized carbons (Fsp3) is 0.250. The van der Waals surface area contributed by atoms with Gasteiger partial charge >= 0.3 is 0 Å². The highest BCUT2D eigenvalue weighted by molar-refractivity contribution is 7.12. The van der Waals surface area contributed by atoms with Gasteiger partial charge in [-0.25, -0.2) is 0 Å². The van der Waals surface area contributed by atoms with Gasteiger partial charge in [-0.15, -0.1) is 11.3 Å². The monoisotopic (exact) mass is 218 g/mol. The van der Waals surface area contributed by atoms with Gasteiger partial charge in [0.1, 0.15) is 0 Å². The van der Waals surface area contributed by atoms with Crippen LogP contribution in [0, 0.1) is 13.8 Å². The van der Waals surface area contributed by atoms with Crippen molar-refractivity contribution in [3.8, 4) is 0 Å². The minimum absolute atomic E-state index is 0.0216. The molecule has 0 fully saturated rings. The SMILES string of the molecule is Cc1ccc(C(N)c2ccncc2C)s1. The summed E-state index contributed by atoms with van der Waals surface area (Å²) < 4.78 is 0. The van der Waals surface area contributed by atoms with Crippen molar-refractivity contribution < 1.29 is 0 Å². The number of pyridine rings is 1. The van der Waals surface area contributed by atoms with Crippen LogP contribution in [0.2, 0.25) is 0 Å². The van der Waals surface area contributed by atoms with Crippen LogP contribution in [0.3, 0.4) is 0 Å². The molecule has 2 aromatic rings. The first-order chi connectivity index (χ1) is 7.18. The Balaban J connectivity index is 2.36. The molecule has 0 spiro atoms. The van der Waals surface area contributed by atoms with E-state index in [1.165, 1.54) is 9.75 Å². The summed E-state index contributed by atoms with van der Waals surface area (Å²) in [5.74, 6) is 0. The van der Waals surface area contributed by atoms with Gasteiger partial charge in [0, 0.05) is 22.1 Å². The van der Waals surface area contributed by atoms with Crippen molar-refractivity contribution in [3.63, 3.8) is 0 Å². The van der Waals surface area contributed by atoms with Crippen molar-refractivity contribution in [2.45, 2.75) is 19.9 Å². The third kappa shape index (κ3) is 2.08. The van der Waals surface area contributed by atoms with Crippen LogP contribution in [0.1, 0.15) is 26.9 Å². The van der Waals surface area contributed by atoms with Crippen LogP contribution in [0.5, 0.6) is 0 Å². The molecule has 3 heteroatoms. The summed E-state index contributed by atoms with van der Waals surface area (Å²) in [5, 5.41) is 0. The number of rotatable bonds is 2. The standard InChI is InChI=1S/C12H14N2S/c1-8-7-14-6-5-10(8)12(13)11-4-3-9(2)15-11/h3-7,12H,13H2,1-2H3. The summed E-state index contributed by atoms with van der Waals surface area (Å²) in [6.07, 6.45) is 3.65. The molecule has 2 heterocycles. The first kappa shape index (κ1) is 10.3. The highest BCUT2D eigenvalue weighted by Gasteiger charge is 2.12. The molecule has 78 valence electrons. The second-order valence-corrected chi connectivity index (χ2v) is 4.98. The van der Waals surface area contributed by atoms with Crippen molar-refractivity contribution in [1.29, 1.82) is 0 Å². The van der Waals surface area contributed by atoms with Gasteiger partial charge in [-0.2, -0.15) is 0 Å². The van der Waals surface area contributed by atoms with E-state index in [-0.39, 0.29) is 6.04 Å². The first-order valence-corrected chi connectivity index (χ1v) is 5.72. The minimum atomic E-state index is -0.0216. The van der Waals surface area contributed by atoms with E-state index in [1.807, 2.05) is 19.2 Å². The van der Waals surface area contributed by atoms with Crippen molar-refractivity contribution >= 4 is 11.3 Å². The topological polar surface area (TPSA) is 38.9 Å². The Bertz CT molecular complexity index is 462. The first-order valence-electron chi connectivity index (χ1n) is 4.91. The van der Waals surface area contributed by atoms with Crippen molar-refractivity contribution in [2.75, 3.05) is 0 Å². The van der Waals surface area contributed by atoms with E-state index < -0.39 is 0 Å². The maximum atomic E-state index is 6.21. The molecule has 2 nitrogen and oxygen atoms in total. The highest BCUT2D eigenvalue weighted by Crippen LogP contribution is 2.27. The van der Waals surface area contributed by atoms with Crippen molar-refractivity contribution in [1.82, 2.24) is 4.98 Å². The zero-order valence-corrected chi connectivity index (χ0v) is 9.71. The number of aryl methyl sites for hydroxylation is 2. The predicted molar refractivity (Wildman–Crippen MR) is 64.1 cm³/mol. The van der Waals surface area contributed by atoms with Gasteiger partial charge < -0.3 is 5.73 Å². The molecule has 0 radical (unpaired) electrons. The molecule has 0 aliphatic rings. The Labute approximate surface area is 93.8 Å². The quantitative estimate of drug-likeness (QED) is 0.841. The Morgan fingerprint density at radius 3 is 2.67 bits per heavy atom. The lowest BCUT2D eigenvalue weighted by atomic mass is 10.0. The highest BCUT2D eigenvalue weighted by atomic mass is 32.1. The third-order valence-electron chi connectivity index (χ3n) is 2.47. The number of thiophene rings is 1. The molecule has 0 bridgehead atoms. The largest absolute Gasteiger partial charge is 0.320 e. The molecule has 0 saturated heterocycles. The summed E-state index contributed by atoms with van der Waals surface area (Å²) in [5.41, 5.74) is 8.52. The van der Waals surface area contributed by atoms with Crippen LogP contribution in [-0.2, 0) is 0 Å². The number of aromatic nitrogens is 1. The fourth-order valence-corrected chi connectivity index (χ4v) is 2.50. The fourth-order valence-electron chi connectivity index (χ4n) is 1.61. The van der Waals surface area contributed by atoms with Crippen LogP contribution >= 0.6 is 11.3 Å². The van der Waals surface area contributed by atoms with Gasteiger partial charge in [-0.1, -0.05) is 0 Å². The predicted octanol–water partition coefficient (Wildman–Crippen LogP) is 2.81. The molecular formula is C12H14N2S. The van der Waals surface area contributed by atoms with Crippen LogP contribution in [0.4, 0.5) is 0 Å². The van der Waals surface area contributed by atoms with Crippen molar-refractivity contribution in [2.24, 2.45) is 5.73 Å². The molecule has 15 heavy (non-hydrogen) atoms. The average molecular weight is 218 g/mol. The van der Waals surface area contributed by atoms with E-state index in [0.717, 1.165) is 11.1 Å². The van der Waals surface area contributed by atoms with Crippen molar-refractivity contribution in [3.05, 3.63) is 51.5 Å². The molecule has 0 saturated carbocycles. The minimum Gasteiger partial charge on any atom is -0.320 e. The number of hydrogen-bond donors (Lipinski definition) is 1. The summed E-state index contributed by atoms with van der Waals surface area (Å²) in [7, 11) is 0. The maximum absolute atomic E-state index is 6.21. The van der Waals surface area contributed by atoms with Crippen LogP contribution < -0.4 is 5.73 Å².